The number of imidazole rings is 1. The Morgan fingerprint density at radius 3 is 2.85 bits per heavy atom. The Morgan fingerprint density at radius 1 is 1.24 bits per heavy atom. The molecule has 7 nitrogen and oxygen atoms in total. The SMILES string of the molecule is CC(C)Cc1nc2cnc(-c3cscn3)cc2n1[C@@H]1CCC[C@H](NC(=O)c2ncc(Cl)s2)C1. The van der Waals surface area contributed by atoms with E-state index in [0.717, 1.165) is 60.3 Å². The van der Waals surface area contributed by atoms with Gasteiger partial charge in [0, 0.05) is 23.9 Å². The topological polar surface area (TPSA) is 85.6 Å². The molecule has 4 heterocycles. The molecule has 1 fully saturated rings. The highest BCUT2D eigenvalue weighted by molar-refractivity contribution is 7.17. The fraction of sp³-hybridized carbons (Fsp3) is 0.435. The van der Waals surface area contributed by atoms with Gasteiger partial charge in [0.25, 0.3) is 5.91 Å². The van der Waals surface area contributed by atoms with Gasteiger partial charge in [0.1, 0.15) is 15.7 Å². The molecule has 4 aromatic heterocycles. The van der Waals surface area contributed by atoms with Crippen LogP contribution in [0.1, 0.15) is 61.2 Å². The minimum atomic E-state index is -0.148. The van der Waals surface area contributed by atoms with Gasteiger partial charge in [-0.3, -0.25) is 9.78 Å². The van der Waals surface area contributed by atoms with Crippen LogP contribution in [0.4, 0.5) is 0 Å². The zero-order valence-electron chi connectivity index (χ0n) is 18.5. The summed E-state index contributed by atoms with van der Waals surface area (Å²) in [4.78, 5) is 30.8. The van der Waals surface area contributed by atoms with Crippen molar-refractivity contribution in [2.24, 2.45) is 5.92 Å². The van der Waals surface area contributed by atoms with Gasteiger partial charge in [0.05, 0.1) is 34.8 Å². The van der Waals surface area contributed by atoms with E-state index in [1.54, 1.807) is 11.3 Å². The van der Waals surface area contributed by atoms with E-state index in [9.17, 15) is 4.79 Å². The summed E-state index contributed by atoms with van der Waals surface area (Å²) in [5.74, 6) is 1.42. The molecule has 0 spiro atoms. The lowest BCUT2D eigenvalue weighted by Crippen LogP contribution is -2.39. The van der Waals surface area contributed by atoms with Crippen LogP contribution in [0.2, 0.25) is 4.34 Å². The number of nitrogens with one attached hydrogen (secondary N) is 1. The highest BCUT2D eigenvalue weighted by atomic mass is 35.5. The summed E-state index contributed by atoms with van der Waals surface area (Å²) >= 11 is 8.73. The van der Waals surface area contributed by atoms with Crippen molar-refractivity contribution in [1.82, 2.24) is 29.8 Å². The number of thiazole rings is 2. The van der Waals surface area contributed by atoms with Crippen LogP contribution >= 0.6 is 34.3 Å². The van der Waals surface area contributed by atoms with Gasteiger partial charge in [-0.2, -0.15) is 0 Å². The number of rotatable bonds is 6. The second-order valence-electron chi connectivity index (χ2n) is 8.89. The smallest absolute Gasteiger partial charge is 0.280 e. The van der Waals surface area contributed by atoms with Crippen molar-refractivity contribution in [1.29, 1.82) is 0 Å². The molecule has 0 aliphatic heterocycles. The molecule has 0 unspecified atom stereocenters. The zero-order chi connectivity index (χ0) is 22.9. The molecular weight excluding hydrogens is 476 g/mol. The van der Waals surface area contributed by atoms with Gasteiger partial charge in [-0.25, -0.2) is 15.0 Å². The van der Waals surface area contributed by atoms with Crippen LogP contribution in [0.5, 0.6) is 0 Å². The molecule has 0 bridgehead atoms. The second kappa shape index (κ2) is 9.48. The Morgan fingerprint density at radius 2 is 2.12 bits per heavy atom. The maximum Gasteiger partial charge on any atom is 0.280 e. The normalized spacial score (nSPS) is 18.8. The summed E-state index contributed by atoms with van der Waals surface area (Å²) < 4.78 is 2.92. The summed E-state index contributed by atoms with van der Waals surface area (Å²) in [6, 6.07) is 2.46. The summed E-state index contributed by atoms with van der Waals surface area (Å²) in [6.45, 7) is 4.43. The standard InChI is InChI=1S/C23H25ClN6OS2/c1-13(2)6-21-29-17-9-25-16(18-11-32-12-27-18)8-19(17)30(21)15-5-3-4-14(7-15)28-22(31)23-26-10-20(24)33-23/h8-15H,3-7H2,1-2H3,(H,28,31)/t14-,15+/m0/s1. The van der Waals surface area contributed by atoms with Crippen molar-refractivity contribution in [2.75, 3.05) is 0 Å². The van der Waals surface area contributed by atoms with E-state index in [1.165, 1.54) is 17.5 Å². The Hall–Kier alpha value is -2.36. The van der Waals surface area contributed by atoms with Gasteiger partial charge >= 0.3 is 0 Å². The third kappa shape index (κ3) is 4.81. The van der Waals surface area contributed by atoms with Gasteiger partial charge in [-0.15, -0.1) is 11.3 Å². The monoisotopic (exact) mass is 500 g/mol. The molecule has 10 heteroatoms. The first-order chi connectivity index (χ1) is 16.0. The van der Waals surface area contributed by atoms with E-state index in [1.807, 2.05) is 17.1 Å². The molecule has 5 rings (SSSR count). The summed E-state index contributed by atoms with van der Waals surface area (Å²) in [5, 5.41) is 5.60. The molecule has 1 N–H and O–H groups in total. The van der Waals surface area contributed by atoms with Crippen LogP contribution in [0, 0.1) is 5.92 Å². The van der Waals surface area contributed by atoms with Crippen LogP contribution in [0.25, 0.3) is 22.4 Å². The molecule has 1 aliphatic carbocycles. The summed E-state index contributed by atoms with van der Waals surface area (Å²) in [5.41, 5.74) is 5.58. The minimum Gasteiger partial charge on any atom is -0.347 e. The highest BCUT2D eigenvalue weighted by Crippen LogP contribution is 2.34. The molecule has 172 valence electrons. The molecule has 2 atom stereocenters. The fourth-order valence-electron chi connectivity index (χ4n) is 4.58. The molecular formula is C23H25ClN6OS2. The third-order valence-corrected chi connectivity index (χ3v) is 7.65. The van der Waals surface area contributed by atoms with Crippen molar-refractivity contribution in [2.45, 2.75) is 58.0 Å². The van der Waals surface area contributed by atoms with Crippen LogP contribution in [0.3, 0.4) is 0 Å². The first kappa shape index (κ1) is 22.4. The fourth-order valence-corrected chi connectivity index (χ4v) is 5.94. The van der Waals surface area contributed by atoms with Crippen LogP contribution in [-0.2, 0) is 6.42 Å². The van der Waals surface area contributed by atoms with Crippen molar-refractivity contribution < 1.29 is 4.79 Å². The first-order valence-electron chi connectivity index (χ1n) is 11.2. The van der Waals surface area contributed by atoms with E-state index in [-0.39, 0.29) is 18.0 Å². The molecule has 1 saturated carbocycles. The molecule has 0 saturated heterocycles. The molecule has 0 radical (unpaired) electrons. The number of carbonyl (C=O) groups excluding carboxylic acids is 1. The number of aromatic nitrogens is 5. The third-order valence-electron chi connectivity index (χ3n) is 5.95. The Bertz CT molecular complexity index is 1270. The van der Waals surface area contributed by atoms with Gasteiger partial charge in [-0.05, 0) is 37.7 Å². The average Bonchev–Trinajstić information content (AvgIpc) is 3.52. The number of nitrogens with zero attached hydrogens (tertiary/aromatic N) is 5. The lowest BCUT2D eigenvalue weighted by Gasteiger charge is -2.32. The number of halogens is 1. The van der Waals surface area contributed by atoms with Gasteiger partial charge in [0.15, 0.2) is 5.01 Å². The number of hydrogen-bond donors (Lipinski definition) is 1. The van der Waals surface area contributed by atoms with Gasteiger partial charge in [0.2, 0.25) is 0 Å². The van der Waals surface area contributed by atoms with E-state index < -0.39 is 0 Å². The zero-order valence-corrected chi connectivity index (χ0v) is 20.9. The molecule has 4 aromatic rings. The van der Waals surface area contributed by atoms with Crippen molar-refractivity contribution in [3.63, 3.8) is 0 Å². The van der Waals surface area contributed by atoms with Crippen molar-refractivity contribution in [3.05, 3.63) is 44.5 Å². The second-order valence-corrected chi connectivity index (χ2v) is 11.3. The maximum absolute atomic E-state index is 12.7. The molecule has 33 heavy (non-hydrogen) atoms. The summed E-state index contributed by atoms with van der Waals surface area (Å²) in [7, 11) is 0. The quantitative estimate of drug-likeness (QED) is 0.363. The largest absolute Gasteiger partial charge is 0.347 e. The Kier molecular flexibility index (Phi) is 6.44. The lowest BCUT2D eigenvalue weighted by molar-refractivity contribution is 0.0920. The lowest BCUT2D eigenvalue weighted by atomic mass is 9.90. The van der Waals surface area contributed by atoms with E-state index in [0.29, 0.717) is 15.3 Å². The summed E-state index contributed by atoms with van der Waals surface area (Å²) in [6.07, 6.45) is 8.19. The molecule has 1 amide bonds. The van der Waals surface area contributed by atoms with Gasteiger partial charge in [-0.1, -0.05) is 36.8 Å². The number of carbonyl (C=O) groups is 1. The predicted molar refractivity (Wildman–Crippen MR) is 133 cm³/mol. The average molecular weight is 501 g/mol. The number of pyridine rings is 1. The van der Waals surface area contributed by atoms with E-state index in [4.69, 9.17) is 16.6 Å². The van der Waals surface area contributed by atoms with Crippen molar-refractivity contribution >= 4 is 51.2 Å². The minimum absolute atomic E-state index is 0.0862. The van der Waals surface area contributed by atoms with Crippen molar-refractivity contribution in [3.8, 4) is 11.4 Å². The number of amides is 1. The highest BCUT2D eigenvalue weighted by Gasteiger charge is 2.28. The molecule has 1 aliphatic rings. The Labute approximate surface area is 205 Å². The number of hydrogen-bond acceptors (Lipinski definition) is 7. The number of fused-ring (bicyclic) bond motifs is 1. The van der Waals surface area contributed by atoms with E-state index >= 15 is 0 Å². The Balaban J connectivity index is 1.46. The van der Waals surface area contributed by atoms with Crippen LogP contribution < -0.4 is 5.32 Å². The van der Waals surface area contributed by atoms with E-state index in [2.05, 4.69) is 44.7 Å². The predicted octanol–water partition coefficient (Wildman–Crippen LogP) is 5.78. The maximum atomic E-state index is 12.7. The molecule has 0 aromatic carbocycles. The van der Waals surface area contributed by atoms with Crippen LogP contribution in [-0.4, -0.2) is 36.5 Å². The van der Waals surface area contributed by atoms with Crippen LogP contribution in [0.15, 0.2) is 29.4 Å². The van der Waals surface area contributed by atoms with Gasteiger partial charge < -0.3 is 9.88 Å². The first-order valence-corrected chi connectivity index (χ1v) is 13.3.